The predicted molar refractivity (Wildman–Crippen MR) is 61.6 cm³/mol. The molecule has 0 heterocycles. The molecule has 0 aliphatic heterocycles. The van der Waals surface area contributed by atoms with E-state index in [0.29, 0.717) is 16.1 Å². The zero-order valence-corrected chi connectivity index (χ0v) is 8.37. The van der Waals surface area contributed by atoms with Gasteiger partial charge in [0.15, 0.2) is 0 Å². The third-order valence-electron chi connectivity index (χ3n) is 2.04. The fourth-order valence-corrected chi connectivity index (χ4v) is 1.44. The Morgan fingerprint density at radius 1 is 1.14 bits per heavy atom. The minimum Gasteiger partial charge on any atom is -0.0840 e. The van der Waals surface area contributed by atoms with Gasteiger partial charge in [-0.1, -0.05) is 53.9 Å². The molecule has 0 amide bonds. The van der Waals surface area contributed by atoms with Gasteiger partial charge in [-0.05, 0) is 29.7 Å². The van der Waals surface area contributed by atoms with Crippen molar-refractivity contribution in [3.63, 3.8) is 0 Å². The van der Waals surface area contributed by atoms with Crippen molar-refractivity contribution in [2.24, 2.45) is 0 Å². The van der Waals surface area contributed by atoms with Crippen LogP contribution in [-0.2, 0) is 0 Å². The van der Waals surface area contributed by atoms with E-state index in [0.717, 1.165) is 0 Å². The molecule has 0 saturated carbocycles. The number of rotatable bonds is 1. The molecule has 0 saturated heterocycles. The molecule has 0 bridgehead atoms. The minimum atomic E-state index is -0.390. The van der Waals surface area contributed by atoms with E-state index in [1.807, 2.05) is 0 Å². The Labute approximate surface area is 96.2 Å². The maximum absolute atomic E-state index is 7.92. The van der Waals surface area contributed by atoms with Gasteiger partial charge in [0.05, 0.1) is 6.85 Å². The topological polar surface area (TPSA) is 0 Å². The highest BCUT2D eigenvalue weighted by Crippen LogP contribution is 2.27. The van der Waals surface area contributed by atoms with Gasteiger partial charge >= 0.3 is 0 Å². The summed E-state index contributed by atoms with van der Waals surface area (Å²) in [5, 5.41) is 0.504. The second-order valence-corrected chi connectivity index (χ2v) is 3.32. The molecule has 2 rings (SSSR count). The fourth-order valence-electron chi connectivity index (χ4n) is 1.26. The molecule has 0 aliphatic carbocycles. The first kappa shape index (κ1) is 4.99. The number of benzene rings is 2. The highest BCUT2D eigenvalue weighted by Gasteiger charge is 2.02. The Balaban J connectivity index is 2.87. The summed E-state index contributed by atoms with van der Waals surface area (Å²) in [6.07, 6.45) is 0. The van der Waals surface area contributed by atoms with Crippen molar-refractivity contribution < 1.29 is 6.85 Å². The fraction of sp³-hybridized carbons (Fsp3) is 0.0769. The highest BCUT2D eigenvalue weighted by atomic mass is 35.5. The Bertz CT molecular complexity index is 638. The minimum absolute atomic E-state index is 0.186. The first-order valence-electron chi connectivity index (χ1n) is 6.68. The van der Waals surface area contributed by atoms with Crippen LogP contribution in [0.3, 0.4) is 0 Å². The quantitative estimate of drug-likeness (QED) is 0.654. The van der Waals surface area contributed by atoms with Crippen LogP contribution >= 0.6 is 11.6 Å². The van der Waals surface area contributed by atoms with Crippen LogP contribution in [0.15, 0.2) is 48.4 Å². The third-order valence-corrected chi connectivity index (χ3v) is 2.45. The van der Waals surface area contributed by atoms with E-state index < -0.39 is 6.04 Å². The van der Waals surface area contributed by atoms with Crippen molar-refractivity contribution >= 4 is 11.6 Å². The van der Waals surface area contributed by atoms with Crippen molar-refractivity contribution in [3.8, 4) is 11.1 Å². The highest BCUT2D eigenvalue weighted by molar-refractivity contribution is 6.31. The van der Waals surface area contributed by atoms with E-state index in [2.05, 4.69) is 0 Å². The molecule has 0 aliphatic rings. The van der Waals surface area contributed by atoms with Crippen LogP contribution in [-0.4, -0.2) is 0 Å². The van der Waals surface area contributed by atoms with Gasteiger partial charge in [0.25, 0.3) is 0 Å². The molecule has 0 atom stereocenters. The average Bonchev–Trinajstić information content (AvgIpc) is 2.39. The van der Waals surface area contributed by atoms with E-state index in [-0.39, 0.29) is 29.7 Å². The Morgan fingerprint density at radius 2 is 1.86 bits per heavy atom. The SMILES string of the molecule is [2H]c1c([2H])c([2H])c(-c2cccc(Cl)c2C)c([2H])c1[2H]. The van der Waals surface area contributed by atoms with Crippen molar-refractivity contribution in [2.75, 3.05) is 0 Å². The molecule has 0 nitrogen and oxygen atoms in total. The van der Waals surface area contributed by atoms with Gasteiger partial charge in [-0.3, -0.25) is 0 Å². The lowest BCUT2D eigenvalue weighted by Crippen LogP contribution is -1.83. The summed E-state index contributed by atoms with van der Waals surface area (Å²) in [7, 11) is 0. The Hall–Kier alpha value is -1.27. The van der Waals surface area contributed by atoms with Crippen LogP contribution in [0.5, 0.6) is 0 Å². The van der Waals surface area contributed by atoms with Crippen LogP contribution in [0.1, 0.15) is 12.4 Å². The summed E-state index contributed by atoms with van der Waals surface area (Å²) in [5.74, 6) is 0. The summed E-state index contributed by atoms with van der Waals surface area (Å²) in [5.41, 5.74) is 1.44. The van der Waals surface area contributed by atoms with Crippen LogP contribution in [0.4, 0.5) is 0 Å². The standard InChI is InChI=1S/C13H11Cl/c1-10-12(8-5-9-13(10)14)11-6-3-2-4-7-11/h2-9H,1H3/i2D,3D,4D,6D,7D. The van der Waals surface area contributed by atoms with Crippen molar-refractivity contribution in [1.29, 1.82) is 0 Å². The summed E-state index contributed by atoms with van der Waals surface area (Å²) >= 11 is 6.03. The van der Waals surface area contributed by atoms with Crippen LogP contribution in [0, 0.1) is 6.92 Å². The van der Waals surface area contributed by atoms with Gasteiger partial charge < -0.3 is 0 Å². The average molecular weight is 208 g/mol. The van der Waals surface area contributed by atoms with Gasteiger partial charge in [0, 0.05) is 5.02 Å². The molecule has 0 spiro atoms. The zero-order chi connectivity index (χ0) is 14.3. The molecule has 2 aromatic carbocycles. The van der Waals surface area contributed by atoms with Crippen molar-refractivity contribution in [3.05, 3.63) is 59.0 Å². The second kappa shape index (κ2) is 3.85. The van der Waals surface area contributed by atoms with Crippen molar-refractivity contribution in [1.82, 2.24) is 0 Å². The van der Waals surface area contributed by atoms with Crippen LogP contribution < -0.4 is 0 Å². The normalized spacial score (nSPS) is 15.1. The zero-order valence-electron chi connectivity index (χ0n) is 12.6. The van der Waals surface area contributed by atoms with E-state index in [1.165, 1.54) is 0 Å². The summed E-state index contributed by atoms with van der Waals surface area (Å²) in [6.45, 7) is 1.76. The maximum atomic E-state index is 7.92. The van der Waals surface area contributed by atoms with E-state index in [4.69, 9.17) is 18.5 Å². The molecule has 1 heteroatoms. The van der Waals surface area contributed by atoms with Crippen LogP contribution in [0.2, 0.25) is 5.02 Å². The Morgan fingerprint density at radius 3 is 2.57 bits per heavy atom. The van der Waals surface area contributed by atoms with Gasteiger partial charge in [-0.2, -0.15) is 0 Å². The van der Waals surface area contributed by atoms with Crippen molar-refractivity contribution in [2.45, 2.75) is 6.92 Å². The number of halogens is 1. The molecule has 0 fully saturated rings. The van der Waals surface area contributed by atoms with Gasteiger partial charge in [-0.25, -0.2) is 0 Å². The van der Waals surface area contributed by atoms with E-state index in [9.17, 15) is 0 Å². The molecule has 14 heavy (non-hydrogen) atoms. The van der Waals surface area contributed by atoms with Crippen LogP contribution in [0.25, 0.3) is 11.1 Å². The molecule has 0 N–H and O–H groups in total. The monoisotopic (exact) mass is 207 g/mol. The predicted octanol–water partition coefficient (Wildman–Crippen LogP) is 4.32. The lowest BCUT2D eigenvalue weighted by molar-refractivity contribution is 1.46. The van der Waals surface area contributed by atoms with E-state index in [1.54, 1.807) is 25.1 Å². The molecular formula is C13H11Cl. The summed E-state index contributed by atoms with van der Waals surface area (Å²) < 4.78 is 38.8. The molecule has 0 radical (unpaired) electrons. The van der Waals surface area contributed by atoms with Gasteiger partial charge in [0.2, 0.25) is 0 Å². The van der Waals surface area contributed by atoms with Gasteiger partial charge in [-0.15, -0.1) is 0 Å². The smallest absolute Gasteiger partial charge is 0.0629 e. The second-order valence-electron chi connectivity index (χ2n) is 2.91. The Kier molecular flexibility index (Phi) is 1.37. The molecule has 70 valence electrons. The number of hydrogen-bond donors (Lipinski definition) is 0. The third kappa shape index (κ3) is 1.66. The largest absolute Gasteiger partial charge is 0.0840 e. The maximum Gasteiger partial charge on any atom is 0.0629 e. The molecule has 2 aromatic rings. The first-order chi connectivity index (χ1) is 8.86. The molecule has 0 unspecified atom stereocenters. The first-order valence-corrected chi connectivity index (χ1v) is 4.56. The summed E-state index contributed by atoms with van der Waals surface area (Å²) in [4.78, 5) is 0. The lowest BCUT2D eigenvalue weighted by Gasteiger charge is -2.06. The van der Waals surface area contributed by atoms with Gasteiger partial charge in [0.1, 0.15) is 0 Å². The lowest BCUT2D eigenvalue weighted by atomic mass is 10.0. The molecule has 0 aromatic heterocycles. The summed E-state index contributed by atoms with van der Waals surface area (Å²) in [6, 6.07) is 3.62. The molecular weight excluding hydrogens is 192 g/mol. The number of hydrogen-bond acceptors (Lipinski definition) is 0. The van der Waals surface area contributed by atoms with E-state index >= 15 is 0 Å².